The van der Waals surface area contributed by atoms with Gasteiger partial charge in [-0.3, -0.25) is 0 Å². The summed E-state index contributed by atoms with van der Waals surface area (Å²) in [5.74, 6) is 0. The van der Waals surface area contributed by atoms with Gasteiger partial charge in [-0.1, -0.05) is 75.4 Å². The summed E-state index contributed by atoms with van der Waals surface area (Å²) >= 11 is 0. The zero-order chi connectivity index (χ0) is 13.9. The molecule has 0 fully saturated rings. The Bertz CT molecular complexity index is 506. The highest BCUT2D eigenvalue weighted by molar-refractivity contribution is 5.29. The summed E-state index contributed by atoms with van der Waals surface area (Å²) < 4.78 is 0. The summed E-state index contributed by atoms with van der Waals surface area (Å²) in [5.41, 5.74) is 10.3. The highest BCUT2D eigenvalue weighted by Crippen LogP contribution is 2.23. The molecule has 0 saturated carbocycles. The summed E-state index contributed by atoms with van der Waals surface area (Å²) in [5, 5.41) is 0. The van der Waals surface area contributed by atoms with E-state index in [1.807, 2.05) is 18.2 Å². The molecule has 0 amide bonds. The van der Waals surface area contributed by atoms with Gasteiger partial charge in [0.1, 0.15) is 0 Å². The average molecular weight is 253 g/mol. The lowest BCUT2D eigenvalue weighted by molar-refractivity contribution is 0.589. The molecule has 0 aromatic heterocycles. The fraction of sp³-hybridized carbons (Fsp3) is 0.333. The van der Waals surface area contributed by atoms with Crippen molar-refractivity contribution in [2.45, 2.75) is 38.6 Å². The normalized spacial score (nSPS) is 13.3. The largest absolute Gasteiger partial charge is 0.324 e. The van der Waals surface area contributed by atoms with E-state index in [2.05, 4.69) is 57.2 Å². The van der Waals surface area contributed by atoms with Gasteiger partial charge in [-0.2, -0.15) is 0 Å². The zero-order valence-electron chi connectivity index (χ0n) is 12.1. The summed E-state index contributed by atoms with van der Waals surface area (Å²) in [7, 11) is 0. The maximum Gasteiger partial charge on any atom is 0.0335 e. The van der Waals surface area contributed by atoms with Gasteiger partial charge in [-0.25, -0.2) is 0 Å². The van der Waals surface area contributed by atoms with Gasteiger partial charge in [0.15, 0.2) is 0 Å². The number of benzene rings is 2. The molecule has 2 aromatic rings. The third-order valence-electron chi connectivity index (χ3n) is 3.50. The molecule has 2 N–H and O–H groups in total. The Kier molecular flexibility index (Phi) is 4.06. The summed E-state index contributed by atoms with van der Waals surface area (Å²) in [6, 6.07) is 19.2. The average Bonchev–Trinajstić information content (AvgIpc) is 2.39. The van der Waals surface area contributed by atoms with E-state index in [0.29, 0.717) is 0 Å². The van der Waals surface area contributed by atoms with Crippen molar-refractivity contribution in [2.75, 3.05) is 0 Å². The Morgan fingerprint density at radius 1 is 0.895 bits per heavy atom. The van der Waals surface area contributed by atoms with Gasteiger partial charge in [0.05, 0.1) is 0 Å². The lowest BCUT2D eigenvalue weighted by Crippen LogP contribution is -2.14. The molecule has 0 aliphatic heterocycles. The Balaban J connectivity index is 2.08. The van der Waals surface area contributed by atoms with E-state index in [9.17, 15) is 0 Å². The van der Waals surface area contributed by atoms with Gasteiger partial charge < -0.3 is 5.73 Å². The molecule has 1 heteroatoms. The van der Waals surface area contributed by atoms with Crippen molar-refractivity contribution in [1.29, 1.82) is 0 Å². The van der Waals surface area contributed by atoms with Crippen LogP contribution in [0.1, 0.15) is 43.5 Å². The molecular formula is C18H23N. The van der Waals surface area contributed by atoms with Crippen molar-refractivity contribution < 1.29 is 0 Å². The van der Waals surface area contributed by atoms with Gasteiger partial charge in [0.2, 0.25) is 0 Å². The minimum absolute atomic E-state index is 0.0710. The lowest BCUT2D eigenvalue weighted by Gasteiger charge is -2.19. The standard InChI is InChI=1S/C18H23N/c1-18(2,3)16-11-9-14(10-12-16)13-17(19)15-7-5-4-6-8-15/h4-12,17H,13,19H2,1-3H3. The van der Waals surface area contributed by atoms with Crippen LogP contribution in [-0.4, -0.2) is 0 Å². The molecule has 2 aromatic carbocycles. The maximum atomic E-state index is 6.25. The van der Waals surface area contributed by atoms with E-state index in [4.69, 9.17) is 5.73 Å². The Labute approximate surface area is 116 Å². The first kappa shape index (κ1) is 13.8. The number of hydrogen-bond acceptors (Lipinski definition) is 1. The van der Waals surface area contributed by atoms with E-state index < -0.39 is 0 Å². The highest BCUT2D eigenvalue weighted by Gasteiger charge is 2.13. The van der Waals surface area contributed by atoms with Crippen molar-refractivity contribution >= 4 is 0 Å². The van der Waals surface area contributed by atoms with Crippen LogP contribution in [0.25, 0.3) is 0 Å². The molecule has 0 aliphatic rings. The fourth-order valence-corrected chi connectivity index (χ4v) is 2.21. The molecule has 0 aliphatic carbocycles. The van der Waals surface area contributed by atoms with E-state index in [-0.39, 0.29) is 11.5 Å². The van der Waals surface area contributed by atoms with Gasteiger partial charge in [0, 0.05) is 6.04 Å². The van der Waals surface area contributed by atoms with Crippen LogP contribution in [0.4, 0.5) is 0 Å². The minimum Gasteiger partial charge on any atom is -0.324 e. The minimum atomic E-state index is 0.0710. The van der Waals surface area contributed by atoms with Crippen LogP contribution in [0, 0.1) is 0 Å². The topological polar surface area (TPSA) is 26.0 Å². The molecule has 0 spiro atoms. The van der Waals surface area contributed by atoms with Gasteiger partial charge >= 0.3 is 0 Å². The second kappa shape index (κ2) is 5.58. The molecule has 2 rings (SSSR count). The lowest BCUT2D eigenvalue weighted by atomic mass is 9.86. The first-order chi connectivity index (χ1) is 8.97. The first-order valence-corrected chi connectivity index (χ1v) is 6.87. The van der Waals surface area contributed by atoms with Crippen molar-refractivity contribution in [3.63, 3.8) is 0 Å². The second-order valence-corrected chi connectivity index (χ2v) is 6.17. The summed E-state index contributed by atoms with van der Waals surface area (Å²) in [6.45, 7) is 6.70. The van der Waals surface area contributed by atoms with Crippen molar-refractivity contribution in [3.05, 3.63) is 71.3 Å². The van der Waals surface area contributed by atoms with Crippen LogP contribution < -0.4 is 5.73 Å². The summed E-state index contributed by atoms with van der Waals surface area (Å²) in [6.07, 6.45) is 0.883. The molecule has 1 atom stereocenters. The van der Waals surface area contributed by atoms with Gasteiger partial charge in [0.25, 0.3) is 0 Å². The second-order valence-electron chi connectivity index (χ2n) is 6.17. The van der Waals surface area contributed by atoms with E-state index in [1.54, 1.807) is 0 Å². The van der Waals surface area contributed by atoms with Crippen molar-refractivity contribution in [2.24, 2.45) is 5.73 Å². The van der Waals surface area contributed by atoms with Crippen LogP contribution in [-0.2, 0) is 11.8 Å². The molecule has 0 saturated heterocycles. The predicted octanol–water partition coefficient (Wildman–Crippen LogP) is 4.23. The van der Waals surface area contributed by atoms with Crippen LogP contribution >= 0.6 is 0 Å². The molecule has 0 heterocycles. The van der Waals surface area contributed by atoms with Crippen LogP contribution in [0.15, 0.2) is 54.6 Å². The van der Waals surface area contributed by atoms with E-state index >= 15 is 0 Å². The zero-order valence-corrected chi connectivity index (χ0v) is 12.1. The predicted molar refractivity (Wildman–Crippen MR) is 82.2 cm³/mol. The third kappa shape index (κ3) is 3.68. The monoisotopic (exact) mass is 253 g/mol. The van der Waals surface area contributed by atoms with Gasteiger partial charge in [-0.15, -0.1) is 0 Å². The molecule has 1 nitrogen and oxygen atoms in total. The van der Waals surface area contributed by atoms with E-state index in [1.165, 1.54) is 16.7 Å². The molecule has 19 heavy (non-hydrogen) atoms. The third-order valence-corrected chi connectivity index (χ3v) is 3.50. The quantitative estimate of drug-likeness (QED) is 0.870. The molecular weight excluding hydrogens is 230 g/mol. The van der Waals surface area contributed by atoms with Crippen LogP contribution in [0.5, 0.6) is 0 Å². The van der Waals surface area contributed by atoms with Crippen LogP contribution in [0.3, 0.4) is 0 Å². The first-order valence-electron chi connectivity index (χ1n) is 6.87. The van der Waals surface area contributed by atoms with E-state index in [0.717, 1.165) is 6.42 Å². The smallest absolute Gasteiger partial charge is 0.0335 e. The molecule has 1 unspecified atom stereocenters. The SMILES string of the molecule is CC(C)(C)c1ccc(CC(N)c2ccccc2)cc1. The van der Waals surface area contributed by atoms with Gasteiger partial charge in [-0.05, 0) is 28.5 Å². The summed E-state index contributed by atoms with van der Waals surface area (Å²) in [4.78, 5) is 0. The molecule has 100 valence electrons. The van der Waals surface area contributed by atoms with Crippen LogP contribution in [0.2, 0.25) is 0 Å². The Hall–Kier alpha value is -1.60. The van der Waals surface area contributed by atoms with Crippen molar-refractivity contribution in [1.82, 2.24) is 0 Å². The fourth-order valence-electron chi connectivity index (χ4n) is 2.21. The maximum absolute atomic E-state index is 6.25. The Morgan fingerprint density at radius 3 is 2.00 bits per heavy atom. The number of rotatable bonds is 3. The molecule has 0 bridgehead atoms. The molecule has 0 radical (unpaired) electrons. The Morgan fingerprint density at radius 2 is 1.47 bits per heavy atom. The highest BCUT2D eigenvalue weighted by atomic mass is 14.6. The van der Waals surface area contributed by atoms with Crippen molar-refractivity contribution in [3.8, 4) is 0 Å². The number of nitrogens with two attached hydrogens (primary N) is 1. The number of hydrogen-bond donors (Lipinski definition) is 1.